The highest BCUT2D eigenvalue weighted by Crippen LogP contribution is 2.43. The Bertz CT molecular complexity index is 1080. The van der Waals surface area contributed by atoms with E-state index in [-0.39, 0.29) is 24.2 Å². The number of aryl methyl sites for hydroxylation is 2. The van der Waals surface area contributed by atoms with Gasteiger partial charge in [-0.3, -0.25) is 20.0 Å². The van der Waals surface area contributed by atoms with E-state index in [0.717, 1.165) is 54.1 Å². The Hall–Kier alpha value is -3.36. The number of anilines is 1. The Morgan fingerprint density at radius 1 is 1.15 bits per heavy atom. The molecule has 1 saturated carbocycles. The Balaban J connectivity index is 1.19. The molecule has 33 heavy (non-hydrogen) atoms. The van der Waals surface area contributed by atoms with Gasteiger partial charge in [-0.25, -0.2) is 4.79 Å². The van der Waals surface area contributed by atoms with Crippen LogP contribution in [0.3, 0.4) is 0 Å². The lowest BCUT2D eigenvalue weighted by Crippen LogP contribution is -2.51. The van der Waals surface area contributed by atoms with E-state index in [9.17, 15) is 14.4 Å². The van der Waals surface area contributed by atoms with Crippen molar-refractivity contribution in [3.63, 3.8) is 0 Å². The molecule has 9 heteroatoms. The van der Waals surface area contributed by atoms with Gasteiger partial charge >= 0.3 is 6.03 Å². The quantitative estimate of drug-likeness (QED) is 0.584. The number of nitrogens with one attached hydrogen (secondary N) is 3. The van der Waals surface area contributed by atoms with Gasteiger partial charge in [0.25, 0.3) is 5.91 Å². The van der Waals surface area contributed by atoms with E-state index >= 15 is 0 Å². The molecule has 5 rings (SSSR count). The molecule has 9 nitrogen and oxygen atoms in total. The number of benzene rings is 1. The third-order valence-corrected chi connectivity index (χ3v) is 7.24. The lowest BCUT2D eigenvalue weighted by molar-refractivity contribution is -0.132. The molecule has 1 aliphatic carbocycles. The van der Waals surface area contributed by atoms with Gasteiger partial charge in [0.1, 0.15) is 5.54 Å². The molecule has 1 unspecified atom stereocenters. The number of aromatic amines is 1. The lowest BCUT2D eigenvalue weighted by atomic mass is 9.87. The van der Waals surface area contributed by atoms with Crippen LogP contribution in [0.4, 0.5) is 10.5 Å². The Kier molecular flexibility index (Phi) is 5.34. The molecule has 4 amide bonds. The standard InChI is InChI=1S/C24H30N6O3/c1-15-21(16(2)28-27-15)17-4-3-5-19(14-17)29-10-12-30(13-11-29)20(31)8-9-24(18-6-7-18)22(32)25-23(33)26-24/h3-5,14,18H,6-13H2,1-2H3,(H,27,28)(H2,25,26,32,33). The minimum Gasteiger partial charge on any atom is -0.368 e. The van der Waals surface area contributed by atoms with Gasteiger partial charge in [0.2, 0.25) is 5.91 Å². The Morgan fingerprint density at radius 3 is 2.52 bits per heavy atom. The van der Waals surface area contributed by atoms with Gasteiger partial charge in [0, 0.05) is 49.5 Å². The summed E-state index contributed by atoms with van der Waals surface area (Å²) in [6.07, 6.45) is 2.45. The number of piperazine rings is 1. The molecule has 2 aliphatic heterocycles. The van der Waals surface area contributed by atoms with Crippen molar-refractivity contribution in [2.75, 3.05) is 31.1 Å². The van der Waals surface area contributed by atoms with E-state index in [2.05, 4.69) is 50.0 Å². The number of urea groups is 1. The van der Waals surface area contributed by atoms with Crippen LogP contribution in [0.25, 0.3) is 11.1 Å². The van der Waals surface area contributed by atoms with Crippen molar-refractivity contribution < 1.29 is 14.4 Å². The van der Waals surface area contributed by atoms with Gasteiger partial charge in [-0.15, -0.1) is 0 Å². The third-order valence-electron chi connectivity index (χ3n) is 7.24. The van der Waals surface area contributed by atoms with Gasteiger partial charge in [0.05, 0.1) is 5.69 Å². The molecule has 3 heterocycles. The highest BCUT2D eigenvalue weighted by Gasteiger charge is 2.55. The second kappa shape index (κ2) is 8.20. The summed E-state index contributed by atoms with van der Waals surface area (Å²) in [5.74, 6) is -0.0963. The smallest absolute Gasteiger partial charge is 0.322 e. The van der Waals surface area contributed by atoms with E-state index in [1.165, 1.54) is 0 Å². The van der Waals surface area contributed by atoms with Crippen LogP contribution < -0.4 is 15.5 Å². The van der Waals surface area contributed by atoms with Crippen LogP contribution in [0.15, 0.2) is 24.3 Å². The zero-order valence-corrected chi connectivity index (χ0v) is 19.1. The van der Waals surface area contributed by atoms with Gasteiger partial charge in [-0.2, -0.15) is 5.10 Å². The fourth-order valence-corrected chi connectivity index (χ4v) is 5.26. The van der Waals surface area contributed by atoms with Crippen molar-refractivity contribution in [1.82, 2.24) is 25.7 Å². The van der Waals surface area contributed by atoms with Crippen LogP contribution in [0.5, 0.6) is 0 Å². The lowest BCUT2D eigenvalue weighted by Gasteiger charge is -2.37. The highest BCUT2D eigenvalue weighted by atomic mass is 16.2. The van der Waals surface area contributed by atoms with Crippen molar-refractivity contribution in [3.05, 3.63) is 35.7 Å². The first-order valence-corrected chi connectivity index (χ1v) is 11.7. The summed E-state index contributed by atoms with van der Waals surface area (Å²) >= 11 is 0. The van der Waals surface area contributed by atoms with E-state index in [4.69, 9.17) is 0 Å². The van der Waals surface area contributed by atoms with Crippen LogP contribution in [0.1, 0.15) is 37.1 Å². The number of carbonyl (C=O) groups excluding carboxylic acids is 3. The number of H-pyrrole nitrogens is 1. The molecule has 3 aliphatic rings. The summed E-state index contributed by atoms with van der Waals surface area (Å²) in [6, 6.07) is 8.00. The fourth-order valence-electron chi connectivity index (χ4n) is 5.26. The van der Waals surface area contributed by atoms with Crippen LogP contribution in [0.2, 0.25) is 0 Å². The maximum absolute atomic E-state index is 12.9. The predicted octanol–water partition coefficient (Wildman–Crippen LogP) is 2.11. The van der Waals surface area contributed by atoms with Crippen molar-refractivity contribution in [2.45, 2.75) is 45.1 Å². The number of amides is 4. The summed E-state index contributed by atoms with van der Waals surface area (Å²) in [4.78, 5) is 41.2. The minimum atomic E-state index is -0.904. The van der Waals surface area contributed by atoms with Crippen molar-refractivity contribution in [3.8, 4) is 11.1 Å². The number of imide groups is 1. The summed E-state index contributed by atoms with van der Waals surface area (Å²) in [5.41, 5.74) is 4.54. The number of nitrogens with zero attached hydrogens (tertiary/aromatic N) is 3. The first kappa shape index (κ1) is 21.5. The number of rotatable bonds is 6. The Morgan fingerprint density at radius 2 is 1.91 bits per heavy atom. The molecule has 1 atom stereocenters. The zero-order valence-electron chi connectivity index (χ0n) is 19.1. The average molecular weight is 451 g/mol. The van der Waals surface area contributed by atoms with Gasteiger partial charge in [-0.05, 0) is 56.7 Å². The van der Waals surface area contributed by atoms with Crippen molar-refractivity contribution in [2.24, 2.45) is 5.92 Å². The summed E-state index contributed by atoms with van der Waals surface area (Å²) < 4.78 is 0. The molecular weight excluding hydrogens is 420 g/mol. The summed E-state index contributed by atoms with van der Waals surface area (Å²) in [5, 5.41) is 12.5. The van der Waals surface area contributed by atoms with Crippen LogP contribution in [-0.4, -0.2) is 64.7 Å². The van der Waals surface area contributed by atoms with E-state index in [1.807, 2.05) is 18.7 Å². The monoisotopic (exact) mass is 450 g/mol. The number of hydrogen-bond acceptors (Lipinski definition) is 5. The van der Waals surface area contributed by atoms with Gasteiger partial charge in [0.15, 0.2) is 0 Å². The second-order valence-corrected chi connectivity index (χ2v) is 9.38. The Labute approximate surface area is 192 Å². The maximum Gasteiger partial charge on any atom is 0.322 e. The molecule has 3 fully saturated rings. The molecule has 0 radical (unpaired) electrons. The van der Waals surface area contributed by atoms with E-state index in [1.54, 1.807) is 0 Å². The summed E-state index contributed by atoms with van der Waals surface area (Å²) in [6.45, 7) is 6.82. The molecule has 1 aromatic heterocycles. The van der Waals surface area contributed by atoms with Gasteiger partial charge in [-0.1, -0.05) is 12.1 Å². The van der Waals surface area contributed by atoms with Crippen molar-refractivity contribution >= 4 is 23.5 Å². The molecule has 0 spiro atoms. The van der Waals surface area contributed by atoms with Crippen molar-refractivity contribution in [1.29, 1.82) is 0 Å². The van der Waals surface area contributed by atoms with Gasteiger partial charge < -0.3 is 15.1 Å². The van der Waals surface area contributed by atoms with Crippen LogP contribution in [-0.2, 0) is 9.59 Å². The number of hydrogen-bond donors (Lipinski definition) is 3. The highest BCUT2D eigenvalue weighted by molar-refractivity contribution is 6.07. The normalized spacial score (nSPS) is 23.0. The molecule has 1 aromatic carbocycles. The molecule has 3 N–H and O–H groups in total. The molecule has 2 aromatic rings. The molecule has 174 valence electrons. The topological polar surface area (TPSA) is 110 Å². The fraction of sp³-hybridized carbons (Fsp3) is 0.500. The largest absolute Gasteiger partial charge is 0.368 e. The first-order valence-electron chi connectivity index (χ1n) is 11.7. The summed E-state index contributed by atoms with van der Waals surface area (Å²) in [7, 11) is 0. The first-order chi connectivity index (χ1) is 15.9. The van der Waals surface area contributed by atoms with E-state index < -0.39 is 11.6 Å². The molecule has 0 bridgehead atoms. The molecule has 2 saturated heterocycles. The SMILES string of the molecule is Cc1n[nH]c(C)c1-c1cccc(N2CCN(C(=O)CCC3(C4CC4)NC(=O)NC3=O)CC2)c1. The van der Waals surface area contributed by atoms with Crippen LogP contribution >= 0.6 is 0 Å². The minimum absolute atomic E-state index is 0.0435. The predicted molar refractivity (Wildman–Crippen MR) is 124 cm³/mol. The maximum atomic E-state index is 12.9. The third kappa shape index (κ3) is 3.96. The number of carbonyl (C=O) groups is 3. The molecular formula is C24H30N6O3. The van der Waals surface area contributed by atoms with Crippen LogP contribution in [0, 0.1) is 19.8 Å². The van der Waals surface area contributed by atoms with E-state index in [0.29, 0.717) is 19.5 Å². The second-order valence-electron chi connectivity index (χ2n) is 9.38. The average Bonchev–Trinajstić information content (AvgIpc) is 3.55. The number of aromatic nitrogens is 2. The zero-order chi connectivity index (χ0) is 23.2.